The third kappa shape index (κ3) is 6.93. The molecule has 0 spiro atoms. The van der Waals surface area contributed by atoms with Crippen molar-refractivity contribution in [1.29, 1.82) is 0 Å². The Bertz CT molecular complexity index is 1370. The number of nitrogens with two attached hydrogens (primary N) is 1. The lowest BCUT2D eigenvalue weighted by Gasteiger charge is -2.35. The van der Waals surface area contributed by atoms with Gasteiger partial charge in [0.25, 0.3) is 11.8 Å². The molecule has 1 aromatic heterocycles. The number of aromatic nitrogens is 2. The second-order valence-electron chi connectivity index (χ2n) is 11.0. The Morgan fingerprint density at radius 2 is 1.74 bits per heavy atom. The number of rotatable bonds is 8. The van der Waals surface area contributed by atoms with Crippen molar-refractivity contribution in [3.05, 3.63) is 47.3 Å². The number of anilines is 2. The summed E-state index contributed by atoms with van der Waals surface area (Å²) in [5, 5.41) is 2.80. The molecule has 4 amide bonds. The van der Waals surface area contributed by atoms with Gasteiger partial charge in [0, 0.05) is 68.4 Å². The van der Waals surface area contributed by atoms with E-state index in [1.807, 2.05) is 25.7 Å². The van der Waals surface area contributed by atoms with E-state index < -0.39 is 35.3 Å². The number of amides is 4. The lowest BCUT2D eigenvalue weighted by molar-refractivity contribution is -0.141. The molecule has 0 unspecified atom stereocenters. The molecule has 0 aliphatic carbocycles. The Labute approximate surface area is 243 Å². The van der Waals surface area contributed by atoms with Crippen molar-refractivity contribution in [1.82, 2.24) is 19.8 Å². The van der Waals surface area contributed by atoms with Crippen LogP contribution in [0.25, 0.3) is 0 Å². The highest BCUT2D eigenvalue weighted by Crippen LogP contribution is 2.32. The average molecular weight is 582 g/mol. The standard InChI is InChI=1S/C28H35N7O7/c1-28(2,3)42-27(40)34-12-10-33(11-13-34)26-30-14-17(15-31-26)24(38)32-20-7-5-6-18-19(20)16-35(25(18)39)21(23(29)37)8-9-22(36)41-4/h5-7,14-15,21H,8-13,16H2,1-4H3,(H2,29,37)(H,32,38)/t21-/m0/s1. The number of esters is 1. The fourth-order valence-corrected chi connectivity index (χ4v) is 4.74. The smallest absolute Gasteiger partial charge is 0.410 e. The summed E-state index contributed by atoms with van der Waals surface area (Å²) in [6.07, 6.45) is 2.40. The van der Waals surface area contributed by atoms with E-state index in [4.69, 9.17) is 10.5 Å². The van der Waals surface area contributed by atoms with Crippen LogP contribution in [0.2, 0.25) is 0 Å². The first-order chi connectivity index (χ1) is 19.9. The van der Waals surface area contributed by atoms with Gasteiger partial charge in [-0.15, -0.1) is 0 Å². The lowest BCUT2D eigenvalue weighted by atomic mass is 10.1. The predicted molar refractivity (Wildman–Crippen MR) is 151 cm³/mol. The van der Waals surface area contributed by atoms with Crippen LogP contribution in [0, 0.1) is 0 Å². The van der Waals surface area contributed by atoms with Crippen molar-refractivity contribution in [3.63, 3.8) is 0 Å². The first kappa shape index (κ1) is 30.2. The molecule has 42 heavy (non-hydrogen) atoms. The first-order valence-corrected chi connectivity index (χ1v) is 13.5. The molecule has 2 aromatic rings. The van der Waals surface area contributed by atoms with Crippen molar-refractivity contribution < 1.29 is 33.4 Å². The van der Waals surface area contributed by atoms with Gasteiger partial charge >= 0.3 is 12.1 Å². The summed E-state index contributed by atoms with van der Waals surface area (Å²) < 4.78 is 10.1. The lowest BCUT2D eigenvalue weighted by Crippen LogP contribution is -2.50. The van der Waals surface area contributed by atoms with Crippen molar-refractivity contribution in [2.24, 2.45) is 5.73 Å². The van der Waals surface area contributed by atoms with Gasteiger partial charge in [-0.05, 0) is 39.3 Å². The van der Waals surface area contributed by atoms with E-state index in [0.29, 0.717) is 48.9 Å². The molecule has 1 fully saturated rings. The summed E-state index contributed by atoms with van der Waals surface area (Å²) in [4.78, 5) is 75.8. The Kier molecular flexibility index (Phi) is 8.93. The van der Waals surface area contributed by atoms with E-state index >= 15 is 0 Å². The number of hydrogen-bond acceptors (Lipinski definition) is 10. The maximum atomic E-state index is 13.1. The summed E-state index contributed by atoms with van der Waals surface area (Å²) in [6, 6.07) is 3.87. The summed E-state index contributed by atoms with van der Waals surface area (Å²) in [5.41, 5.74) is 6.44. The van der Waals surface area contributed by atoms with Crippen LogP contribution in [0.3, 0.4) is 0 Å². The molecule has 1 atom stereocenters. The Morgan fingerprint density at radius 3 is 2.33 bits per heavy atom. The zero-order valence-electron chi connectivity index (χ0n) is 24.1. The normalized spacial score (nSPS) is 15.6. The number of ether oxygens (including phenoxy) is 2. The monoisotopic (exact) mass is 581 g/mol. The molecule has 14 nitrogen and oxygen atoms in total. The first-order valence-electron chi connectivity index (χ1n) is 13.5. The van der Waals surface area contributed by atoms with Gasteiger partial charge in [-0.2, -0.15) is 0 Å². The number of hydrogen-bond donors (Lipinski definition) is 2. The summed E-state index contributed by atoms with van der Waals surface area (Å²) in [5.74, 6) is -1.73. The average Bonchev–Trinajstić information content (AvgIpc) is 3.29. The van der Waals surface area contributed by atoms with Crippen LogP contribution in [0.15, 0.2) is 30.6 Å². The van der Waals surface area contributed by atoms with Gasteiger partial charge in [-0.3, -0.25) is 19.2 Å². The Hall–Kier alpha value is -4.75. The van der Waals surface area contributed by atoms with Crippen molar-refractivity contribution in [2.75, 3.05) is 43.5 Å². The predicted octanol–water partition coefficient (Wildman–Crippen LogP) is 1.55. The zero-order chi connectivity index (χ0) is 30.6. The number of carbonyl (C=O) groups excluding carboxylic acids is 5. The van der Waals surface area contributed by atoms with Crippen LogP contribution >= 0.6 is 0 Å². The van der Waals surface area contributed by atoms with E-state index in [-0.39, 0.29) is 31.0 Å². The highest BCUT2D eigenvalue weighted by Gasteiger charge is 2.37. The number of piperazine rings is 1. The number of carbonyl (C=O) groups is 5. The topological polar surface area (TPSA) is 177 Å². The molecule has 2 aliphatic rings. The van der Waals surface area contributed by atoms with Crippen molar-refractivity contribution in [3.8, 4) is 0 Å². The summed E-state index contributed by atoms with van der Waals surface area (Å²) >= 11 is 0. The van der Waals surface area contributed by atoms with Gasteiger partial charge in [-0.25, -0.2) is 14.8 Å². The third-order valence-electron chi connectivity index (χ3n) is 6.91. The molecule has 1 aromatic carbocycles. The highest BCUT2D eigenvalue weighted by atomic mass is 16.6. The molecular formula is C28H35N7O7. The van der Waals surface area contributed by atoms with Gasteiger partial charge in [0.1, 0.15) is 11.6 Å². The van der Waals surface area contributed by atoms with Gasteiger partial charge in [0.15, 0.2) is 0 Å². The SMILES string of the molecule is COC(=O)CC[C@@H](C(N)=O)N1Cc2c(NC(=O)c3cnc(N4CCN(C(=O)OC(C)(C)C)CC4)nc3)cccc2C1=O. The minimum absolute atomic E-state index is 0.0170. The van der Waals surface area contributed by atoms with E-state index in [1.54, 1.807) is 23.1 Å². The molecule has 0 saturated carbocycles. The van der Waals surface area contributed by atoms with Gasteiger partial charge in [0.05, 0.1) is 12.7 Å². The largest absolute Gasteiger partial charge is 0.469 e. The molecule has 3 N–H and O–H groups in total. The Balaban J connectivity index is 1.39. The fraction of sp³-hybridized carbons (Fsp3) is 0.464. The van der Waals surface area contributed by atoms with Crippen LogP contribution in [0.5, 0.6) is 0 Å². The molecule has 1 saturated heterocycles. The second-order valence-corrected chi connectivity index (χ2v) is 11.0. The molecule has 0 bridgehead atoms. The van der Waals surface area contributed by atoms with Gasteiger partial charge in [0.2, 0.25) is 11.9 Å². The molecular weight excluding hydrogens is 546 g/mol. The molecule has 224 valence electrons. The van der Waals surface area contributed by atoms with E-state index in [0.717, 1.165) is 0 Å². The number of nitrogens with zero attached hydrogens (tertiary/aromatic N) is 5. The Morgan fingerprint density at radius 1 is 1.07 bits per heavy atom. The van der Waals surface area contributed by atoms with Crippen molar-refractivity contribution in [2.45, 2.75) is 51.8 Å². The van der Waals surface area contributed by atoms with Gasteiger partial charge < -0.3 is 35.2 Å². The number of methoxy groups -OCH3 is 1. The summed E-state index contributed by atoms with van der Waals surface area (Å²) in [6.45, 7) is 7.42. The highest BCUT2D eigenvalue weighted by molar-refractivity contribution is 6.07. The van der Waals surface area contributed by atoms with Crippen LogP contribution in [-0.2, 0) is 25.6 Å². The number of benzene rings is 1. The van der Waals surface area contributed by atoms with Crippen LogP contribution in [0.1, 0.15) is 59.9 Å². The molecule has 4 rings (SSSR count). The minimum atomic E-state index is -1.01. The van der Waals surface area contributed by atoms with E-state index in [2.05, 4.69) is 20.0 Å². The second kappa shape index (κ2) is 12.4. The van der Waals surface area contributed by atoms with Crippen LogP contribution in [0.4, 0.5) is 16.4 Å². The third-order valence-corrected chi connectivity index (χ3v) is 6.91. The molecule has 3 heterocycles. The quantitative estimate of drug-likeness (QED) is 0.435. The van der Waals surface area contributed by atoms with Crippen molar-refractivity contribution >= 4 is 41.4 Å². The zero-order valence-corrected chi connectivity index (χ0v) is 24.1. The van der Waals surface area contributed by atoms with Gasteiger partial charge in [-0.1, -0.05) is 6.07 Å². The summed E-state index contributed by atoms with van der Waals surface area (Å²) in [7, 11) is 1.24. The van der Waals surface area contributed by atoms with Crippen LogP contribution in [-0.4, -0.2) is 94.5 Å². The van der Waals surface area contributed by atoms with E-state index in [1.165, 1.54) is 24.4 Å². The number of primary amides is 1. The minimum Gasteiger partial charge on any atom is -0.469 e. The molecule has 14 heteroatoms. The number of nitrogens with one attached hydrogen (secondary N) is 1. The molecule has 2 aliphatic heterocycles. The van der Waals surface area contributed by atoms with E-state index in [9.17, 15) is 24.0 Å². The maximum absolute atomic E-state index is 13.1. The fourth-order valence-electron chi connectivity index (χ4n) is 4.74. The number of fused-ring (bicyclic) bond motifs is 1. The van der Waals surface area contributed by atoms with Crippen LogP contribution < -0.4 is 16.0 Å². The molecule has 0 radical (unpaired) electrons. The maximum Gasteiger partial charge on any atom is 0.410 e.